The van der Waals surface area contributed by atoms with Crippen LogP contribution in [0.1, 0.15) is 45.4 Å². The number of fused-ring (bicyclic) bond motifs is 1. The molecule has 25 heavy (non-hydrogen) atoms. The van der Waals surface area contributed by atoms with Crippen molar-refractivity contribution in [3.05, 3.63) is 47.2 Å². The monoisotopic (exact) mass is 354 g/mol. The van der Waals surface area contributed by atoms with Gasteiger partial charge in [-0.2, -0.15) is 0 Å². The number of hydrogen-bond acceptors (Lipinski definition) is 4. The lowest BCUT2D eigenvalue weighted by Crippen LogP contribution is -2.28. The van der Waals surface area contributed by atoms with E-state index < -0.39 is 0 Å². The Morgan fingerprint density at radius 2 is 2.08 bits per heavy atom. The number of thioether (sulfide) groups is 1. The smallest absolute Gasteiger partial charge is 0.257 e. The van der Waals surface area contributed by atoms with Gasteiger partial charge in [-0.1, -0.05) is 37.2 Å². The lowest BCUT2D eigenvalue weighted by atomic mass is 9.86. The molecule has 4 heteroatoms. The van der Waals surface area contributed by atoms with Gasteiger partial charge in [0, 0.05) is 25.0 Å². The Kier molecular flexibility index (Phi) is 5.16. The topological polar surface area (TPSA) is 29.3 Å². The fraction of sp³-hybridized carbons (Fsp3) is 0.476. The number of benzene rings is 1. The zero-order valence-electron chi connectivity index (χ0n) is 15.0. The van der Waals surface area contributed by atoms with E-state index in [1.165, 1.54) is 50.6 Å². The van der Waals surface area contributed by atoms with Crippen LogP contribution < -0.4 is 0 Å². The highest BCUT2D eigenvalue weighted by Gasteiger charge is 2.23. The van der Waals surface area contributed by atoms with Crippen molar-refractivity contribution < 1.29 is 4.42 Å². The van der Waals surface area contributed by atoms with Gasteiger partial charge < -0.3 is 9.32 Å². The van der Waals surface area contributed by atoms with Crippen LogP contribution in [-0.4, -0.2) is 28.7 Å². The predicted molar refractivity (Wildman–Crippen MR) is 105 cm³/mol. The average Bonchev–Trinajstić information content (AvgIpc) is 3.07. The lowest BCUT2D eigenvalue weighted by molar-refractivity contribution is 0.375. The van der Waals surface area contributed by atoms with E-state index in [0.29, 0.717) is 0 Å². The van der Waals surface area contributed by atoms with Gasteiger partial charge in [-0.25, -0.2) is 4.98 Å². The lowest BCUT2D eigenvalue weighted by Gasteiger charge is -2.33. The Hall–Kier alpha value is -1.68. The van der Waals surface area contributed by atoms with E-state index in [1.54, 1.807) is 22.9 Å². The van der Waals surface area contributed by atoms with Crippen molar-refractivity contribution in [2.45, 2.75) is 50.7 Å². The van der Waals surface area contributed by atoms with E-state index in [4.69, 9.17) is 4.42 Å². The molecule has 0 saturated carbocycles. The maximum atomic E-state index is 5.88. The number of nitrogens with zero attached hydrogens (tertiary/aromatic N) is 2. The molecule has 1 aliphatic carbocycles. The Bertz CT molecular complexity index is 772. The van der Waals surface area contributed by atoms with E-state index in [-0.39, 0.29) is 0 Å². The number of oxazole rings is 1. The van der Waals surface area contributed by atoms with E-state index in [1.807, 2.05) is 24.3 Å². The molecule has 0 N–H and O–H groups in total. The van der Waals surface area contributed by atoms with Gasteiger partial charge in [-0.05, 0) is 61.0 Å². The van der Waals surface area contributed by atoms with Crippen LogP contribution in [0.4, 0.5) is 0 Å². The Labute approximate surface area is 154 Å². The molecule has 1 aromatic carbocycles. The molecular formula is C21H26N2OS. The fourth-order valence-corrected chi connectivity index (χ4v) is 4.64. The molecule has 0 amide bonds. The van der Waals surface area contributed by atoms with Crippen LogP contribution in [0.3, 0.4) is 0 Å². The van der Waals surface area contributed by atoms with Gasteiger partial charge in [-0.15, -0.1) is 0 Å². The molecule has 1 aromatic heterocycles. The van der Waals surface area contributed by atoms with Gasteiger partial charge in [-0.3, -0.25) is 0 Å². The maximum Gasteiger partial charge on any atom is 0.257 e. The number of allylic oxidation sites excluding steroid dienone is 1. The van der Waals surface area contributed by atoms with Crippen molar-refractivity contribution in [2.75, 3.05) is 18.8 Å². The van der Waals surface area contributed by atoms with Crippen LogP contribution in [0.15, 0.2) is 56.8 Å². The molecule has 3 nitrogen and oxygen atoms in total. The molecule has 4 rings (SSSR count). The first-order valence-electron chi connectivity index (χ1n) is 9.48. The van der Waals surface area contributed by atoms with E-state index in [0.717, 1.165) is 28.6 Å². The molecule has 0 radical (unpaired) electrons. The third kappa shape index (κ3) is 3.79. The molecule has 0 unspecified atom stereocenters. The van der Waals surface area contributed by atoms with Crippen LogP contribution in [-0.2, 0) is 0 Å². The van der Waals surface area contributed by atoms with Gasteiger partial charge in [0.05, 0.1) is 0 Å². The van der Waals surface area contributed by atoms with Crippen molar-refractivity contribution in [2.24, 2.45) is 0 Å². The molecule has 0 bridgehead atoms. The van der Waals surface area contributed by atoms with Crippen LogP contribution in [0.5, 0.6) is 0 Å². The van der Waals surface area contributed by atoms with Crippen LogP contribution in [0, 0.1) is 0 Å². The van der Waals surface area contributed by atoms with Gasteiger partial charge >= 0.3 is 0 Å². The van der Waals surface area contributed by atoms with Crippen molar-refractivity contribution >= 4 is 22.9 Å². The Balaban J connectivity index is 1.51. The minimum Gasteiger partial charge on any atom is -0.431 e. The SMILES string of the molecule is CCCCN1C=C(CSc2nc3ccccc3o2)C2=C(CCCC2)C1. The minimum absolute atomic E-state index is 0.783. The second-order valence-electron chi connectivity index (χ2n) is 7.00. The molecular weight excluding hydrogens is 328 g/mol. The molecule has 1 aliphatic heterocycles. The van der Waals surface area contributed by atoms with E-state index in [9.17, 15) is 0 Å². The van der Waals surface area contributed by atoms with Crippen LogP contribution in [0.25, 0.3) is 11.1 Å². The number of rotatable bonds is 6. The summed E-state index contributed by atoms with van der Waals surface area (Å²) in [6.45, 7) is 4.58. The third-order valence-corrected chi connectivity index (χ3v) is 6.00. The van der Waals surface area contributed by atoms with Gasteiger partial charge in [0.2, 0.25) is 0 Å². The minimum atomic E-state index is 0.783. The molecule has 2 aromatic rings. The summed E-state index contributed by atoms with van der Waals surface area (Å²) >= 11 is 1.73. The van der Waals surface area contributed by atoms with E-state index >= 15 is 0 Å². The second kappa shape index (κ2) is 7.69. The molecule has 2 aliphatic rings. The molecule has 0 atom stereocenters. The summed E-state index contributed by atoms with van der Waals surface area (Å²) in [5, 5.41) is 0.783. The van der Waals surface area contributed by atoms with Crippen molar-refractivity contribution in [3.63, 3.8) is 0 Å². The molecule has 0 fully saturated rings. The van der Waals surface area contributed by atoms with Crippen LogP contribution in [0.2, 0.25) is 0 Å². The summed E-state index contributed by atoms with van der Waals surface area (Å²) in [6.07, 6.45) is 10.1. The van der Waals surface area contributed by atoms with E-state index in [2.05, 4.69) is 23.0 Å². The standard InChI is InChI=1S/C21H26N2OS/c1-2-3-12-23-13-16-8-4-5-9-18(16)17(14-23)15-25-21-22-19-10-6-7-11-20(19)24-21/h6-7,10-11,14H,2-5,8-9,12-13,15H2,1H3. The summed E-state index contributed by atoms with van der Waals surface area (Å²) in [5.74, 6) is 0.953. The number of aromatic nitrogens is 1. The second-order valence-corrected chi connectivity index (χ2v) is 7.93. The zero-order valence-corrected chi connectivity index (χ0v) is 15.8. The molecule has 0 spiro atoms. The highest BCUT2D eigenvalue weighted by atomic mass is 32.2. The first-order valence-corrected chi connectivity index (χ1v) is 10.5. The number of hydrogen-bond donors (Lipinski definition) is 0. The first kappa shape index (κ1) is 16.8. The first-order chi connectivity index (χ1) is 12.3. The summed E-state index contributed by atoms with van der Waals surface area (Å²) in [7, 11) is 0. The zero-order chi connectivity index (χ0) is 17.1. The summed E-state index contributed by atoms with van der Waals surface area (Å²) in [4.78, 5) is 7.13. The fourth-order valence-electron chi connectivity index (χ4n) is 3.80. The van der Waals surface area contributed by atoms with Crippen molar-refractivity contribution in [3.8, 4) is 0 Å². The predicted octanol–water partition coefficient (Wildman–Crippen LogP) is 5.79. The summed E-state index contributed by atoms with van der Waals surface area (Å²) < 4.78 is 5.88. The van der Waals surface area contributed by atoms with Gasteiger partial charge in [0.1, 0.15) is 5.52 Å². The average molecular weight is 355 g/mol. The quantitative estimate of drug-likeness (QED) is 0.614. The Morgan fingerprint density at radius 3 is 2.96 bits per heavy atom. The molecule has 2 heterocycles. The van der Waals surface area contributed by atoms with Gasteiger partial charge in [0.25, 0.3) is 5.22 Å². The normalized spacial score (nSPS) is 17.8. The third-order valence-electron chi connectivity index (χ3n) is 5.13. The molecule has 132 valence electrons. The highest BCUT2D eigenvalue weighted by molar-refractivity contribution is 7.99. The summed E-state index contributed by atoms with van der Waals surface area (Å²) in [6, 6.07) is 8.00. The molecule has 0 saturated heterocycles. The van der Waals surface area contributed by atoms with Crippen molar-refractivity contribution in [1.29, 1.82) is 0 Å². The largest absolute Gasteiger partial charge is 0.431 e. The number of unbranched alkanes of at least 4 members (excludes halogenated alkanes) is 1. The highest BCUT2D eigenvalue weighted by Crippen LogP contribution is 2.36. The van der Waals surface area contributed by atoms with Crippen molar-refractivity contribution in [1.82, 2.24) is 9.88 Å². The van der Waals surface area contributed by atoms with Crippen LogP contribution >= 0.6 is 11.8 Å². The number of para-hydroxylation sites is 2. The van der Waals surface area contributed by atoms with Gasteiger partial charge in [0.15, 0.2) is 5.58 Å². The summed E-state index contributed by atoms with van der Waals surface area (Å²) in [5.41, 5.74) is 6.62. The maximum absolute atomic E-state index is 5.88. The Morgan fingerprint density at radius 1 is 1.20 bits per heavy atom.